The fourth-order valence-electron chi connectivity index (χ4n) is 3.10. The van der Waals surface area contributed by atoms with Crippen LogP contribution in [0.3, 0.4) is 0 Å². The summed E-state index contributed by atoms with van der Waals surface area (Å²) in [7, 11) is 0. The summed E-state index contributed by atoms with van der Waals surface area (Å²) < 4.78 is 18.7. The van der Waals surface area contributed by atoms with Gasteiger partial charge in [-0.05, 0) is 31.2 Å². The molecule has 0 aliphatic heterocycles. The van der Waals surface area contributed by atoms with E-state index in [2.05, 4.69) is 42.0 Å². The topological polar surface area (TPSA) is 35.6 Å². The van der Waals surface area contributed by atoms with Crippen molar-refractivity contribution in [3.05, 3.63) is 71.0 Å². The Morgan fingerprint density at radius 1 is 1.16 bits per heavy atom. The van der Waals surface area contributed by atoms with E-state index in [1.165, 1.54) is 12.1 Å². The minimum atomic E-state index is -0.266. The van der Waals surface area contributed by atoms with Crippen molar-refractivity contribution < 1.29 is 4.39 Å². The fraction of sp³-hybridized carbons (Fsp3) is 0.158. The molecule has 0 saturated carbocycles. The van der Waals surface area contributed by atoms with Gasteiger partial charge in [0.15, 0.2) is 0 Å². The van der Waals surface area contributed by atoms with Gasteiger partial charge in [-0.1, -0.05) is 28.1 Å². The molecule has 4 rings (SSSR count). The molecule has 0 atom stereocenters. The van der Waals surface area contributed by atoms with Crippen LogP contribution in [-0.2, 0) is 13.1 Å². The summed E-state index contributed by atoms with van der Waals surface area (Å²) >= 11 is 3.50. The van der Waals surface area contributed by atoms with Crippen molar-refractivity contribution >= 4 is 27.0 Å². The van der Waals surface area contributed by atoms with Crippen molar-refractivity contribution in [1.82, 2.24) is 19.1 Å². The number of nitrogens with zero attached hydrogens (tertiary/aromatic N) is 4. The molecule has 0 aliphatic rings. The summed E-state index contributed by atoms with van der Waals surface area (Å²) in [5.41, 5.74) is 2.66. The lowest BCUT2D eigenvalue weighted by molar-refractivity contribution is 0.629. The minimum Gasteiger partial charge on any atom is -0.327 e. The largest absolute Gasteiger partial charge is 0.327 e. The SMILES string of the molecule is CCn1c(Cn2ccnc2-c2cccc(Br)c2)nc2cc(F)ccc21. The number of imidazole rings is 2. The summed E-state index contributed by atoms with van der Waals surface area (Å²) in [6, 6.07) is 12.8. The maximum atomic E-state index is 13.5. The average Bonchev–Trinajstić information content (AvgIpc) is 3.18. The molecule has 6 heteroatoms. The molecule has 2 heterocycles. The Bertz CT molecular complexity index is 1050. The highest BCUT2D eigenvalue weighted by Gasteiger charge is 2.13. The van der Waals surface area contributed by atoms with E-state index in [1.807, 2.05) is 30.5 Å². The van der Waals surface area contributed by atoms with Crippen LogP contribution in [0.2, 0.25) is 0 Å². The van der Waals surface area contributed by atoms with Crippen LogP contribution in [0.4, 0.5) is 4.39 Å². The molecule has 0 N–H and O–H groups in total. The molecule has 0 radical (unpaired) electrons. The molecule has 4 aromatic rings. The van der Waals surface area contributed by atoms with Crippen molar-refractivity contribution in [2.75, 3.05) is 0 Å². The van der Waals surface area contributed by atoms with Gasteiger partial charge in [-0.2, -0.15) is 0 Å². The molecule has 0 amide bonds. The quantitative estimate of drug-likeness (QED) is 0.491. The monoisotopic (exact) mass is 398 g/mol. The highest BCUT2D eigenvalue weighted by Crippen LogP contribution is 2.23. The number of fused-ring (bicyclic) bond motifs is 1. The van der Waals surface area contributed by atoms with Crippen molar-refractivity contribution in [3.8, 4) is 11.4 Å². The first-order valence-electron chi connectivity index (χ1n) is 8.07. The van der Waals surface area contributed by atoms with E-state index in [9.17, 15) is 4.39 Å². The normalized spacial score (nSPS) is 11.3. The lowest BCUT2D eigenvalue weighted by atomic mass is 10.2. The predicted molar refractivity (Wildman–Crippen MR) is 99.8 cm³/mol. The van der Waals surface area contributed by atoms with E-state index >= 15 is 0 Å². The first kappa shape index (κ1) is 16.0. The number of benzene rings is 2. The van der Waals surface area contributed by atoms with Crippen LogP contribution in [0.15, 0.2) is 59.3 Å². The zero-order chi connectivity index (χ0) is 17.4. The second-order valence-corrected chi connectivity index (χ2v) is 6.71. The molecule has 0 aliphatic carbocycles. The van der Waals surface area contributed by atoms with Gasteiger partial charge in [0.25, 0.3) is 0 Å². The molecule has 2 aromatic heterocycles. The number of aromatic nitrogens is 4. The number of halogens is 2. The van der Waals surface area contributed by atoms with Gasteiger partial charge in [0.2, 0.25) is 0 Å². The molecule has 0 saturated heterocycles. The third-order valence-electron chi connectivity index (χ3n) is 4.22. The van der Waals surface area contributed by atoms with Crippen LogP contribution in [0, 0.1) is 5.82 Å². The zero-order valence-corrected chi connectivity index (χ0v) is 15.2. The van der Waals surface area contributed by atoms with Crippen molar-refractivity contribution in [1.29, 1.82) is 0 Å². The van der Waals surface area contributed by atoms with Gasteiger partial charge in [-0.15, -0.1) is 0 Å². The predicted octanol–water partition coefficient (Wildman–Crippen LogP) is 4.87. The molecule has 126 valence electrons. The van der Waals surface area contributed by atoms with Gasteiger partial charge in [-0.25, -0.2) is 14.4 Å². The maximum absolute atomic E-state index is 13.5. The summed E-state index contributed by atoms with van der Waals surface area (Å²) in [5, 5.41) is 0. The second-order valence-electron chi connectivity index (χ2n) is 5.79. The van der Waals surface area contributed by atoms with E-state index in [-0.39, 0.29) is 5.82 Å². The van der Waals surface area contributed by atoms with Gasteiger partial charge in [0.05, 0.1) is 17.6 Å². The van der Waals surface area contributed by atoms with E-state index in [4.69, 9.17) is 0 Å². The summed E-state index contributed by atoms with van der Waals surface area (Å²) in [5.74, 6) is 1.50. The van der Waals surface area contributed by atoms with Gasteiger partial charge in [0, 0.05) is 35.0 Å². The van der Waals surface area contributed by atoms with E-state index < -0.39 is 0 Å². The smallest absolute Gasteiger partial charge is 0.140 e. The first-order valence-corrected chi connectivity index (χ1v) is 8.86. The Hall–Kier alpha value is -2.47. The standard InChI is InChI=1S/C19H16BrFN4/c1-2-25-17-7-6-15(21)11-16(17)23-18(25)12-24-9-8-22-19(24)13-4-3-5-14(20)10-13/h3-11H,2,12H2,1H3. The van der Waals surface area contributed by atoms with E-state index in [0.717, 1.165) is 33.7 Å². The van der Waals surface area contributed by atoms with Gasteiger partial charge in [0.1, 0.15) is 17.5 Å². The molecule has 25 heavy (non-hydrogen) atoms. The van der Waals surface area contributed by atoms with Gasteiger partial charge >= 0.3 is 0 Å². The molecule has 2 aromatic carbocycles. The molecule has 4 nitrogen and oxygen atoms in total. The minimum absolute atomic E-state index is 0.266. The Labute approximate surface area is 153 Å². The number of hydrogen-bond donors (Lipinski definition) is 0. The third-order valence-corrected chi connectivity index (χ3v) is 4.71. The Kier molecular flexibility index (Phi) is 4.13. The van der Waals surface area contributed by atoms with E-state index in [1.54, 1.807) is 12.3 Å². The Morgan fingerprint density at radius 2 is 2.04 bits per heavy atom. The fourth-order valence-corrected chi connectivity index (χ4v) is 3.50. The number of rotatable bonds is 4. The number of aryl methyl sites for hydroxylation is 1. The molecule has 0 bridgehead atoms. The molecule has 0 spiro atoms. The molecule has 0 unspecified atom stereocenters. The lowest BCUT2D eigenvalue weighted by Crippen LogP contribution is -2.08. The van der Waals surface area contributed by atoms with Crippen LogP contribution in [0.25, 0.3) is 22.4 Å². The molecular formula is C19H16BrFN4. The highest BCUT2D eigenvalue weighted by molar-refractivity contribution is 9.10. The van der Waals surface area contributed by atoms with E-state index in [0.29, 0.717) is 12.1 Å². The van der Waals surface area contributed by atoms with Crippen molar-refractivity contribution in [3.63, 3.8) is 0 Å². The number of hydrogen-bond acceptors (Lipinski definition) is 2. The summed E-state index contributed by atoms with van der Waals surface area (Å²) in [6.07, 6.45) is 3.73. The molecular weight excluding hydrogens is 383 g/mol. The van der Waals surface area contributed by atoms with Crippen LogP contribution in [0.5, 0.6) is 0 Å². The van der Waals surface area contributed by atoms with Crippen molar-refractivity contribution in [2.24, 2.45) is 0 Å². The molecule has 0 fully saturated rings. The van der Waals surface area contributed by atoms with Crippen molar-refractivity contribution in [2.45, 2.75) is 20.0 Å². The second kappa shape index (κ2) is 6.44. The highest BCUT2D eigenvalue weighted by atomic mass is 79.9. The summed E-state index contributed by atoms with van der Waals surface area (Å²) in [4.78, 5) is 9.13. The zero-order valence-electron chi connectivity index (χ0n) is 13.7. The van der Waals surface area contributed by atoms with Crippen LogP contribution in [0.1, 0.15) is 12.7 Å². The van der Waals surface area contributed by atoms with Crippen LogP contribution >= 0.6 is 15.9 Å². The van der Waals surface area contributed by atoms with Gasteiger partial charge < -0.3 is 9.13 Å². The van der Waals surface area contributed by atoms with Crippen LogP contribution in [-0.4, -0.2) is 19.1 Å². The van der Waals surface area contributed by atoms with Gasteiger partial charge in [-0.3, -0.25) is 0 Å². The Morgan fingerprint density at radius 3 is 2.84 bits per heavy atom. The Balaban J connectivity index is 1.77. The maximum Gasteiger partial charge on any atom is 0.140 e. The average molecular weight is 399 g/mol. The lowest BCUT2D eigenvalue weighted by Gasteiger charge is -2.10. The summed E-state index contributed by atoms with van der Waals surface area (Å²) in [6.45, 7) is 3.42. The first-order chi connectivity index (χ1) is 12.2. The van der Waals surface area contributed by atoms with Crippen LogP contribution < -0.4 is 0 Å². The third kappa shape index (κ3) is 2.98.